The van der Waals surface area contributed by atoms with Gasteiger partial charge in [-0.05, 0) is 0 Å². The fraction of sp³-hybridized carbons (Fsp3) is 0.714. The summed E-state index contributed by atoms with van der Waals surface area (Å²) in [4.78, 5) is 10.0. The smallest absolute Gasteiger partial charge is 0.305 e. The van der Waals surface area contributed by atoms with Crippen LogP contribution in [0.25, 0.3) is 0 Å². The number of nitriles is 1. The molecule has 0 amide bonds. The lowest BCUT2D eigenvalue weighted by molar-refractivity contribution is -0.139. The highest BCUT2D eigenvalue weighted by Gasteiger charge is 2.14. The van der Waals surface area contributed by atoms with Crippen molar-refractivity contribution in [2.75, 3.05) is 0 Å². The fourth-order valence-electron chi connectivity index (χ4n) is 0.788. The molecule has 0 saturated heterocycles. The molecule has 12 heavy (non-hydrogen) atoms. The van der Waals surface area contributed by atoms with Gasteiger partial charge < -0.3 is 15.3 Å². The summed E-state index contributed by atoms with van der Waals surface area (Å²) >= 11 is 0. The van der Waals surface area contributed by atoms with Crippen molar-refractivity contribution in [1.29, 1.82) is 5.26 Å². The van der Waals surface area contributed by atoms with Gasteiger partial charge in [0.25, 0.3) is 0 Å². The zero-order valence-corrected chi connectivity index (χ0v) is 6.47. The van der Waals surface area contributed by atoms with Crippen LogP contribution >= 0.6 is 0 Å². The average molecular weight is 173 g/mol. The molecule has 0 rings (SSSR count). The van der Waals surface area contributed by atoms with Gasteiger partial charge in [0, 0.05) is 6.42 Å². The molecule has 68 valence electrons. The first-order valence-electron chi connectivity index (χ1n) is 3.51. The normalized spacial score (nSPS) is 14.8. The van der Waals surface area contributed by atoms with E-state index in [0.29, 0.717) is 0 Å². The van der Waals surface area contributed by atoms with Gasteiger partial charge in [-0.1, -0.05) is 0 Å². The number of nitrogens with zero attached hydrogens (tertiary/aromatic N) is 1. The third-order valence-electron chi connectivity index (χ3n) is 1.28. The van der Waals surface area contributed by atoms with E-state index in [-0.39, 0.29) is 12.8 Å². The van der Waals surface area contributed by atoms with Crippen LogP contribution in [0.5, 0.6) is 0 Å². The van der Waals surface area contributed by atoms with Gasteiger partial charge in [0.2, 0.25) is 0 Å². The van der Waals surface area contributed by atoms with Crippen LogP contribution in [0.4, 0.5) is 0 Å². The Morgan fingerprint density at radius 3 is 2.42 bits per heavy atom. The number of aliphatic hydroxyl groups is 2. The second-order valence-electron chi connectivity index (χ2n) is 2.50. The van der Waals surface area contributed by atoms with Gasteiger partial charge in [0.15, 0.2) is 0 Å². The highest BCUT2D eigenvalue weighted by molar-refractivity contribution is 5.67. The lowest BCUT2D eigenvalue weighted by Crippen LogP contribution is -2.20. The Kier molecular flexibility index (Phi) is 5.00. The molecule has 0 aliphatic heterocycles. The summed E-state index contributed by atoms with van der Waals surface area (Å²) in [7, 11) is 0. The molecule has 2 unspecified atom stereocenters. The van der Waals surface area contributed by atoms with Gasteiger partial charge in [-0.3, -0.25) is 4.79 Å². The molecular formula is C7H11NO4. The monoisotopic (exact) mass is 173 g/mol. The van der Waals surface area contributed by atoms with Gasteiger partial charge in [0.05, 0.1) is 31.1 Å². The first-order valence-corrected chi connectivity index (χ1v) is 3.51. The maximum Gasteiger partial charge on any atom is 0.305 e. The Bertz CT molecular complexity index is 186. The summed E-state index contributed by atoms with van der Waals surface area (Å²) in [6.45, 7) is 0. The molecule has 5 heteroatoms. The molecule has 0 aliphatic carbocycles. The molecule has 0 aromatic carbocycles. The Morgan fingerprint density at radius 2 is 2.00 bits per heavy atom. The van der Waals surface area contributed by atoms with E-state index in [1.165, 1.54) is 0 Å². The van der Waals surface area contributed by atoms with Crippen LogP contribution in [0.3, 0.4) is 0 Å². The summed E-state index contributed by atoms with van der Waals surface area (Å²) in [6.07, 6.45) is -2.57. The summed E-state index contributed by atoms with van der Waals surface area (Å²) < 4.78 is 0. The average Bonchev–Trinajstić information content (AvgIpc) is 1.84. The van der Waals surface area contributed by atoms with E-state index >= 15 is 0 Å². The van der Waals surface area contributed by atoms with E-state index in [4.69, 9.17) is 20.6 Å². The topological polar surface area (TPSA) is 102 Å². The van der Waals surface area contributed by atoms with Crippen molar-refractivity contribution in [1.82, 2.24) is 0 Å². The molecule has 0 aromatic heterocycles. The number of hydrogen-bond acceptors (Lipinski definition) is 4. The second kappa shape index (κ2) is 5.52. The van der Waals surface area contributed by atoms with Gasteiger partial charge in [-0.2, -0.15) is 5.26 Å². The molecule has 0 heterocycles. The Hall–Kier alpha value is -1.12. The number of aliphatic carboxylic acids is 1. The molecule has 3 N–H and O–H groups in total. The number of rotatable bonds is 5. The maximum absolute atomic E-state index is 10.0. The Morgan fingerprint density at radius 1 is 1.42 bits per heavy atom. The molecule has 0 aliphatic rings. The van der Waals surface area contributed by atoms with Crippen molar-refractivity contribution in [2.45, 2.75) is 31.5 Å². The largest absolute Gasteiger partial charge is 0.481 e. The van der Waals surface area contributed by atoms with Gasteiger partial charge in [-0.15, -0.1) is 0 Å². The van der Waals surface area contributed by atoms with Crippen LogP contribution in [-0.4, -0.2) is 33.5 Å². The van der Waals surface area contributed by atoms with Gasteiger partial charge in [-0.25, -0.2) is 0 Å². The highest BCUT2D eigenvalue weighted by atomic mass is 16.4. The van der Waals surface area contributed by atoms with E-state index in [1.807, 2.05) is 0 Å². The van der Waals surface area contributed by atoms with Crippen LogP contribution in [0.2, 0.25) is 0 Å². The zero-order chi connectivity index (χ0) is 9.56. The number of aliphatic hydroxyl groups excluding tert-OH is 2. The Balaban J connectivity index is 3.62. The number of hydrogen-bond donors (Lipinski definition) is 3. The summed E-state index contributed by atoms with van der Waals surface area (Å²) in [5, 5.41) is 34.3. The zero-order valence-electron chi connectivity index (χ0n) is 6.47. The van der Waals surface area contributed by atoms with E-state index in [1.54, 1.807) is 6.07 Å². The predicted octanol–water partition coefficient (Wildman–Crippen LogP) is -0.513. The van der Waals surface area contributed by atoms with Crippen LogP contribution in [0.1, 0.15) is 19.3 Å². The minimum atomic E-state index is -1.12. The van der Waals surface area contributed by atoms with Crippen molar-refractivity contribution in [3.8, 4) is 6.07 Å². The highest BCUT2D eigenvalue weighted by Crippen LogP contribution is 2.04. The molecule has 0 saturated carbocycles. The van der Waals surface area contributed by atoms with Crippen LogP contribution in [0, 0.1) is 11.3 Å². The van der Waals surface area contributed by atoms with E-state index in [2.05, 4.69) is 0 Å². The minimum absolute atomic E-state index is 0.0696. The van der Waals surface area contributed by atoms with Crippen LogP contribution in [-0.2, 0) is 4.79 Å². The quantitative estimate of drug-likeness (QED) is 0.519. The first-order chi connectivity index (χ1) is 5.56. The summed E-state index contributed by atoms with van der Waals surface area (Å²) in [5.74, 6) is -1.12. The number of carbonyl (C=O) groups is 1. The molecule has 5 nitrogen and oxygen atoms in total. The minimum Gasteiger partial charge on any atom is -0.481 e. The standard InChI is InChI=1S/C7H11NO4/c8-2-1-5(9)3-6(10)4-7(11)12/h5-6,9-10H,1,3-4H2,(H,11,12). The van der Waals surface area contributed by atoms with E-state index in [0.717, 1.165) is 0 Å². The van der Waals surface area contributed by atoms with Gasteiger partial charge >= 0.3 is 5.97 Å². The predicted molar refractivity (Wildman–Crippen MR) is 39.1 cm³/mol. The van der Waals surface area contributed by atoms with Gasteiger partial charge in [0.1, 0.15) is 0 Å². The second-order valence-corrected chi connectivity index (χ2v) is 2.50. The summed E-state index contributed by atoms with van der Waals surface area (Å²) in [5.41, 5.74) is 0. The SMILES string of the molecule is N#CCC(O)CC(O)CC(=O)O. The molecule has 2 atom stereocenters. The van der Waals surface area contributed by atoms with Crippen LogP contribution in [0.15, 0.2) is 0 Å². The van der Waals surface area contributed by atoms with Crippen molar-refractivity contribution in [3.05, 3.63) is 0 Å². The molecule has 0 fully saturated rings. The van der Waals surface area contributed by atoms with Crippen molar-refractivity contribution >= 4 is 5.97 Å². The molecule has 0 aromatic rings. The van der Waals surface area contributed by atoms with Crippen molar-refractivity contribution in [3.63, 3.8) is 0 Å². The third kappa shape index (κ3) is 5.65. The fourth-order valence-corrected chi connectivity index (χ4v) is 0.788. The molecule has 0 bridgehead atoms. The number of carboxylic acids is 1. The van der Waals surface area contributed by atoms with Crippen molar-refractivity contribution < 1.29 is 20.1 Å². The maximum atomic E-state index is 10.0. The molecular weight excluding hydrogens is 162 g/mol. The first kappa shape index (κ1) is 10.9. The molecule has 0 spiro atoms. The summed E-state index contributed by atoms with van der Waals surface area (Å²) in [6, 6.07) is 1.72. The van der Waals surface area contributed by atoms with Crippen molar-refractivity contribution in [2.24, 2.45) is 0 Å². The lowest BCUT2D eigenvalue weighted by Gasteiger charge is -2.10. The lowest BCUT2D eigenvalue weighted by atomic mass is 10.1. The number of carboxylic acid groups (broad SMARTS) is 1. The molecule has 0 radical (unpaired) electrons. The Labute approximate surface area is 69.9 Å². The third-order valence-corrected chi connectivity index (χ3v) is 1.28. The van der Waals surface area contributed by atoms with E-state index in [9.17, 15) is 4.79 Å². The van der Waals surface area contributed by atoms with E-state index < -0.39 is 24.6 Å². The van der Waals surface area contributed by atoms with Crippen LogP contribution < -0.4 is 0 Å².